The summed E-state index contributed by atoms with van der Waals surface area (Å²) >= 11 is 0. The molecule has 0 bridgehead atoms. The number of amides is 1. The predicted molar refractivity (Wildman–Crippen MR) is 125 cm³/mol. The van der Waals surface area contributed by atoms with Crippen LogP contribution in [0, 0.1) is 5.92 Å². The van der Waals surface area contributed by atoms with E-state index in [1.54, 1.807) is 16.9 Å². The van der Waals surface area contributed by atoms with E-state index >= 15 is 0 Å². The van der Waals surface area contributed by atoms with E-state index in [1.807, 2.05) is 38.4 Å². The Balaban J connectivity index is 1.40. The fourth-order valence-corrected chi connectivity index (χ4v) is 4.29. The largest absolute Gasteiger partial charge is 0.386 e. The number of carbonyl (C=O) groups is 1. The molecular weight excluding hydrogens is 420 g/mol. The van der Waals surface area contributed by atoms with Gasteiger partial charge < -0.3 is 20.6 Å². The highest BCUT2D eigenvalue weighted by Crippen LogP contribution is 2.34. The molecule has 4 aromatic rings. The maximum absolute atomic E-state index is 12.2. The third-order valence-electron chi connectivity index (χ3n) is 6.19. The first-order valence-corrected chi connectivity index (χ1v) is 11.0. The SMILES string of the molecule is CNc1ncc(-c2nc3ccc(N4CC(C)(O)C4)cn3n2)c2cc(NC(=O)C3CC3)ncc12. The van der Waals surface area contributed by atoms with Gasteiger partial charge in [0.2, 0.25) is 5.91 Å². The van der Waals surface area contributed by atoms with Crippen molar-refractivity contribution >= 4 is 39.6 Å². The number of anilines is 3. The van der Waals surface area contributed by atoms with Gasteiger partial charge >= 0.3 is 0 Å². The molecule has 1 saturated carbocycles. The number of nitrogens with zero attached hydrogens (tertiary/aromatic N) is 6. The molecule has 1 amide bonds. The van der Waals surface area contributed by atoms with Crippen molar-refractivity contribution in [1.29, 1.82) is 0 Å². The standard InChI is InChI=1S/C23H24N8O2/c1-23(33)11-30(12-23)14-5-6-19-28-21(29-31(19)10-14)17-9-26-20(24-2)16-8-25-18(7-15(16)17)27-22(32)13-3-4-13/h5-10,13,33H,3-4,11-12H2,1-2H3,(H,24,26)(H,25,27,32). The molecule has 2 fully saturated rings. The average Bonchev–Trinajstić information content (AvgIpc) is 3.55. The molecule has 2 aliphatic rings. The monoisotopic (exact) mass is 444 g/mol. The van der Waals surface area contributed by atoms with Crippen LogP contribution in [-0.4, -0.2) is 61.3 Å². The summed E-state index contributed by atoms with van der Waals surface area (Å²) in [6.45, 7) is 3.00. The van der Waals surface area contributed by atoms with E-state index in [0.717, 1.165) is 34.9 Å². The highest BCUT2D eigenvalue weighted by Gasteiger charge is 2.36. The molecule has 168 valence electrons. The van der Waals surface area contributed by atoms with Crippen LogP contribution in [0.5, 0.6) is 0 Å². The Morgan fingerprint density at radius 2 is 2.00 bits per heavy atom. The zero-order valence-corrected chi connectivity index (χ0v) is 18.4. The number of fused-ring (bicyclic) bond motifs is 2. The molecule has 0 atom stereocenters. The molecule has 10 heteroatoms. The van der Waals surface area contributed by atoms with Crippen LogP contribution in [0.4, 0.5) is 17.3 Å². The van der Waals surface area contributed by atoms with Crippen LogP contribution >= 0.6 is 0 Å². The number of hydrogen-bond donors (Lipinski definition) is 3. The van der Waals surface area contributed by atoms with Gasteiger partial charge in [-0.3, -0.25) is 4.79 Å². The van der Waals surface area contributed by atoms with Crippen molar-refractivity contribution < 1.29 is 9.90 Å². The summed E-state index contributed by atoms with van der Waals surface area (Å²) in [4.78, 5) is 28.0. The molecule has 0 spiro atoms. The molecule has 0 aromatic carbocycles. The van der Waals surface area contributed by atoms with E-state index in [2.05, 4.69) is 25.5 Å². The molecule has 5 heterocycles. The van der Waals surface area contributed by atoms with Crippen LogP contribution in [0.2, 0.25) is 0 Å². The van der Waals surface area contributed by atoms with Gasteiger partial charge in [-0.05, 0) is 38.0 Å². The Morgan fingerprint density at radius 1 is 1.18 bits per heavy atom. The molecule has 1 saturated heterocycles. The minimum Gasteiger partial charge on any atom is -0.386 e. The summed E-state index contributed by atoms with van der Waals surface area (Å²) < 4.78 is 1.74. The summed E-state index contributed by atoms with van der Waals surface area (Å²) in [5, 5.41) is 22.4. The lowest BCUT2D eigenvalue weighted by molar-refractivity contribution is -0.117. The zero-order valence-electron chi connectivity index (χ0n) is 18.4. The van der Waals surface area contributed by atoms with Crippen LogP contribution in [0.1, 0.15) is 19.8 Å². The van der Waals surface area contributed by atoms with Crippen LogP contribution in [-0.2, 0) is 4.79 Å². The molecule has 0 unspecified atom stereocenters. The summed E-state index contributed by atoms with van der Waals surface area (Å²) in [5.74, 6) is 1.84. The fourth-order valence-electron chi connectivity index (χ4n) is 4.29. The normalized spacial score (nSPS) is 17.2. The van der Waals surface area contributed by atoms with Crippen molar-refractivity contribution in [3.05, 3.63) is 36.8 Å². The quantitative estimate of drug-likeness (QED) is 0.429. The minimum atomic E-state index is -0.650. The fraction of sp³-hybridized carbons (Fsp3) is 0.348. The third-order valence-corrected chi connectivity index (χ3v) is 6.19. The van der Waals surface area contributed by atoms with Gasteiger partial charge in [0.1, 0.15) is 11.6 Å². The van der Waals surface area contributed by atoms with Crippen molar-refractivity contribution in [3.8, 4) is 11.4 Å². The summed E-state index contributed by atoms with van der Waals surface area (Å²) in [6, 6.07) is 5.75. The van der Waals surface area contributed by atoms with Crippen molar-refractivity contribution in [2.75, 3.05) is 35.7 Å². The Kier molecular flexibility index (Phi) is 4.28. The number of β-amino-alcohol motifs (C(OH)–C–C–N with tert-alkyl or cyclic N) is 1. The van der Waals surface area contributed by atoms with E-state index in [0.29, 0.717) is 36.2 Å². The smallest absolute Gasteiger partial charge is 0.228 e. The van der Waals surface area contributed by atoms with Crippen molar-refractivity contribution in [2.45, 2.75) is 25.4 Å². The first kappa shape index (κ1) is 19.9. The molecule has 6 rings (SSSR count). The topological polar surface area (TPSA) is 121 Å². The Labute approximate surface area is 189 Å². The predicted octanol–water partition coefficient (Wildman–Crippen LogP) is 2.30. The first-order valence-electron chi connectivity index (χ1n) is 11.0. The van der Waals surface area contributed by atoms with Crippen LogP contribution < -0.4 is 15.5 Å². The van der Waals surface area contributed by atoms with Gasteiger partial charge in [-0.2, -0.15) is 0 Å². The van der Waals surface area contributed by atoms with Gasteiger partial charge in [-0.1, -0.05) is 0 Å². The second kappa shape index (κ2) is 7.11. The van der Waals surface area contributed by atoms with Crippen molar-refractivity contribution in [2.24, 2.45) is 5.92 Å². The van der Waals surface area contributed by atoms with Gasteiger partial charge in [-0.15, -0.1) is 5.10 Å². The third kappa shape index (κ3) is 3.52. The molecule has 1 aliphatic carbocycles. The summed E-state index contributed by atoms with van der Waals surface area (Å²) in [5.41, 5.74) is 1.80. The molecular formula is C23H24N8O2. The number of hydrogen-bond acceptors (Lipinski definition) is 8. The summed E-state index contributed by atoms with van der Waals surface area (Å²) in [6.07, 6.45) is 7.23. The van der Waals surface area contributed by atoms with E-state index in [4.69, 9.17) is 10.1 Å². The van der Waals surface area contributed by atoms with Crippen LogP contribution in [0.25, 0.3) is 27.8 Å². The Bertz CT molecular complexity index is 1400. The molecule has 1 aliphatic heterocycles. The van der Waals surface area contributed by atoms with Gasteiger partial charge in [0.15, 0.2) is 11.5 Å². The van der Waals surface area contributed by atoms with Crippen LogP contribution in [0.15, 0.2) is 36.8 Å². The van der Waals surface area contributed by atoms with E-state index < -0.39 is 5.60 Å². The first-order chi connectivity index (χ1) is 15.9. The van der Waals surface area contributed by atoms with Crippen molar-refractivity contribution in [3.63, 3.8) is 0 Å². The van der Waals surface area contributed by atoms with Crippen LogP contribution in [0.3, 0.4) is 0 Å². The zero-order chi connectivity index (χ0) is 22.7. The van der Waals surface area contributed by atoms with Gasteiger partial charge in [0, 0.05) is 54.8 Å². The van der Waals surface area contributed by atoms with Gasteiger partial charge in [0.25, 0.3) is 0 Å². The number of carbonyl (C=O) groups excluding carboxylic acids is 1. The number of aliphatic hydroxyl groups is 1. The lowest BCUT2D eigenvalue weighted by Crippen LogP contribution is -2.60. The molecule has 10 nitrogen and oxygen atoms in total. The number of aromatic nitrogens is 5. The molecule has 33 heavy (non-hydrogen) atoms. The van der Waals surface area contributed by atoms with E-state index in [9.17, 15) is 9.90 Å². The van der Waals surface area contributed by atoms with E-state index in [1.165, 1.54) is 0 Å². The van der Waals surface area contributed by atoms with E-state index in [-0.39, 0.29) is 11.8 Å². The lowest BCUT2D eigenvalue weighted by Gasteiger charge is -2.45. The average molecular weight is 444 g/mol. The maximum Gasteiger partial charge on any atom is 0.228 e. The number of pyridine rings is 3. The molecule has 0 radical (unpaired) electrons. The maximum atomic E-state index is 12.2. The Morgan fingerprint density at radius 3 is 2.73 bits per heavy atom. The highest BCUT2D eigenvalue weighted by atomic mass is 16.3. The van der Waals surface area contributed by atoms with Crippen molar-refractivity contribution in [1.82, 2.24) is 24.6 Å². The van der Waals surface area contributed by atoms with Gasteiger partial charge in [0.05, 0.1) is 17.5 Å². The summed E-state index contributed by atoms with van der Waals surface area (Å²) in [7, 11) is 1.81. The molecule has 4 aromatic heterocycles. The second-order valence-corrected chi connectivity index (χ2v) is 9.13. The Hall–Kier alpha value is -3.79. The second-order valence-electron chi connectivity index (χ2n) is 9.13. The number of rotatable bonds is 5. The van der Waals surface area contributed by atoms with Gasteiger partial charge in [-0.25, -0.2) is 19.5 Å². The number of nitrogens with one attached hydrogen (secondary N) is 2. The lowest BCUT2D eigenvalue weighted by atomic mass is 9.96. The minimum absolute atomic E-state index is 0.00894. The highest BCUT2D eigenvalue weighted by molar-refractivity contribution is 6.03. The molecule has 3 N–H and O–H groups in total.